The molecule has 0 bridgehead atoms. The molecule has 0 radical (unpaired) electrons. The van der Waals surface area contributed by atoms with Gasteiger partial charge in [0.05, 0.1) is 5.69 Å². The van der Waals surface area contributed by atoms with Gasteiger partial charge in [-0.25, -0.2) is 18.4 Å². The fourth-order valence-corrected chi connectivity index (χ4v) is 4.01. The van der Waals surface area contributed by atoms with Crippen LogP contribution in [-0.2, 0) is 17.9 Å². The van der Waals surface area contributed by atoms with Gasteiger partial charge in [-0.2, -0.15) is 5.10 Å². The number of carbonyl (C=O) groups excluding carboxylic acids is 1. The van der Waals surface area contributed by atoms with Crippen LogP contribution < -0.4 is 11.0 Å². The van der Waals surface area contributed by atoms with Crippen molar-refractivity contribution in [3.63, 3.8) is 0 Å². The van der Waals surface area contributed by atoms with Crippen LogP contribution in [0.5, 0.6) is 0 Å². The number of nitrogens with one attached hydrogen (secondary N) is 1. The number of hydrogen-bond acceptors (Lipinski definition) is 4. The predicted molar refractivity (Wildman–Crippen MR) is 126 cm³/mol. The van der Waals surface area contributed by atoms with Crippen molar-refractivity contribution in [2.24, 2.45) is 0 Å². The smallest absolute Gasteiger partial charge is 0.350 e. The van der Waals surface area contributed by atoms with Gasteiger partial charge in [-0.3, -0.25) is 4.79 Å². The van der Waals surface area contributed by atoms with Crippen LogP contribution in [0.15, 0.2) is 65.7 Å². The van der Waals surface area contributed by atoms with Crippen molar-refractivity contribution in [3.8, 4) is 11.3 Å². The third-order valence-electron chi connectivity index (χ3n) is 5.59. The summed E-state index contributed by atoms with van der Waals surface area (Å²) in [5.74, 6) is -0.332. The van der Waals surface area contributed by atoms with E-state index < -0.39 is 5.69 Å². The van der Waals surface area contributed by atoms with Crippen LogP contribution in [0.4, 0.5) is 0 Å². The number of fused-ring (bicyclic) bond motifs is 3. The first-order valence-corrected chi connectivity index (χ1v) is 10.8. The molecule has 0 aliphatic rings. The van der Waals surface area contributed by atoms with Gasteiger partial charge in [0.2, 0.25) is 5.91 Å². The Balaban J connectivity index is 1.45. The molecule has 3 heterocycles. The molecular weight excluding hydrogens is 440 g/mol. The Hall–Kier alpha value is -3.91. The Kier molecular flexibility index (Phi) is 5.22. The summed E-state index contributed by atoms with van der Waals surface area (Å²) in [5.41, 5.74) is 5.59. The molecule has 0 atom stereocenters. The molecule has 3 aromatic heterocycles. The van der Waals surface area contributed by atoms with Gasteiger partial charge in [-0.05, 0) is 43.2 Å². The summed E-state index contributed by atoms with van der Waals surface area (Å²) in [6, 6.07) is 15.4. The molecule has 9 heteroatoms. The molecule has 0 saturated carbocycles. The zero-order chi connectivity index (χ0) is 23.1. The number of nitrogens with zero attached hydrogens (tertiary/aromatic N) is 5. The second-order valence-corrected chi connectivity index (χ2v) is 8.39. The molecule has 33 heavy (non-hydrogen) atoms. The minimum absolute atomic E-state index is 0.199. The highest BCUT2D eigenvalue weighted by Crippen LogP contribution is 2.25. The van der Waals surface area contributed by atoms with Gasteiger partial charge in [0.25, 0.3) is 0 Å². The first-order valence-electron chi connectivity index (χ1n) is 10.5. The van der Waals surface area contributed by atoms with Crippen LogP contribution >= 0.6 is 11.6 Å². The zero-order valence-electron chi connectivity index (χ0n) is 18.1. The average Bonchev–Trinajstić information content (AvgIpc) is 3.36. The first-order chi connectivity index (χ1) is 15.9. The number of carbonyl (C=O) groups is 1. The minimum Gasteiger partial charge on any atom is -0.350 e. The Bertz CT molecular complexity index is 1580. The third-order valence-corrected chi connectivity index (χ3v) is 5.96. The van der Waals surface area contributed by atoms with E-state index in [1.54, 1.807) is 23.0 Å². The molecule has 1 amide bonds. The average molecular weight is 461 g/mol. The topological polar surface area (TPSA) is 85.7 Å². The van der Waals surface area contributed by atoms with E-state index >= 15 is 0 Å². The molecule has 0 aliphatic carbocycles. The van der Waals surface area contributed by atoms with Gasteiger partial charge in [0.1, 0.15) is 12.1 Å². The number of hydrogen-bond donors (Lipinski definition) is 1. The zero-order valence-corrected chi connectivity index (χ0v) is 18.9. The van der Waals surface area contributed by atoms with E-state index in [9.17, 15) is 9.59 Å². The van der Waals surface area contributed by atoms with Crippen LogP contribution in [0.1, 0.15) is 16.7 Å². The molecule has 8 nitrogen and oxygen atoms in total. The van der Waals surface area contributed by atoms with E-state index in [2.05, 4.69) is 33.7 Å². The molecule has 2 aromatic carbocycles. The normalized spacial score (nSPS) is 11.4. The largest absolute Gasteiger partial charge is 0.350 e. The van der Waals surface area contributed by atoms with Crippen molar-refractivity contribution in [1.29, 1.82) is 0 Å². The molecular formula is C24H21ClN6O2. The summed E-state index contributed by atoms with van der Waals surface area (Å²) < 4.78 is 4.27. The fourth-order valence-electron chi connectivity index (χ4n) is 3.81. The molecule has 1 N–H and O–H groups in total. The van der Waals surface area contributed by atoms with Gasteiger partial charge in [-0.15, -0.1) is 5.10 Å². The summed E-state index contributed by atoms with van der Waals surface area (Å²) in [5, 5.41) is 12.4. The molecule has 0 spiro atoms. The van der Waals surface area contributed by atoms with E-state index in [4.69, 9.17) is 11.6 Å². The maximum absolute atomic E-state index is 12.8. The predicted octanol–water partition coefficient (Wildman–Crippen LogP) is 3.40. The highest BCUT2D eigenvalue weighted by Gasteiger charge is 2.16. The molecule has 0 fully saturated rings. The van der Waals surface area contributed by atoms with Crippen molar-refractivity contribution in [2.75, 3.05) is 0 Å². The molecule has 5 rings (SSSR count). The standard InChI is InChI=1S/C24H21ClN6O2/c1-15-7-8-16(2)18(11-15)20-12-21-23-28-31(24(33)29(23)9-10-30(21)27-20)14-22(32)26-13-17-5-3-4-6-19(17)25/h3-12H,13-14H2,1-2H3,(H,26,32). The van der Waals surface area contributed by atoms with Crippen LogP contribution in [0.25, 0.3) is 22.4 Å². The first kappa shape index (κ1) is 21.0. The lowest BCUT2D eigenvalue weighted by Crippen LogP contribution is -2.32. The summed E-state index contributed by atoms with van der Waals surface area (Å²) in [6.45, 7) is 4.14. The second-order valence-electron chi connectivity index (χ2n) is 7.98. The maximum Gasteiger partial charge on any atom is 0.350 e. The second kappa shape index (κ2) is 8.22. The van der Waals surface area contributed by atoms with Crippen molar-refractivity contribution in [2.45, 2.75) is 26.9 Å². The Morgan fingerprint density at radius 3 is 2.70 bits per heavy atom. The number of amides is 1. The van der Waals surface area contributed by atoms with Crippen molar-refractivity contribution in [3.05, 3.63) is 93.1 Å². The van der Waals surface area contributed by atoms with Crippen molar-refractivity contribution in [1.82, 2.24) is 29.1 Å². The van der Waals surface area contributed by atoms with Crippen molar-refractivity contribution < 1.29 is 4.79 Å². The Morgan fingerprint density at radius 1 is 1.06 bits per heavy atom. The van der Waals surface area contributed by atoms with E-state index in [1.165, 1.54) is 4.40 Å². The van der Waals surface area contributed by atoms with E-state index in [-0.39, 0.29) is 19.0 Å². The van der Waals surface area contributed by atoms with E-state index in [1.807, 2.05) is 38.1 Å². The van der Waals surface area contributed by atoms with Crippen molar-refractivity contribution >= 4 is 28.7 Å². The molecule has 0 saturated heterocycles. The van der Waals surface area contributed by atoms with Crippen LogP contribution in [-0.4, -0.2) is 29.7 Å². The monoisotopic (exact) mass is 460 g/mol. The number of aryl methyl sites for hydroxylation is 2. The van der Waals surface area contributed by atoms with Gasteiger partial charge >= 0.3 is 5.69 Å². The number of benzene rings is 2. The number of halogens is 1. The maximum atomic E-state index is 12.8. The van der Waals surface area contributed by atoms with Crippen LogP contribution in [0.2, 0.25) is 5.02 Å². The van der Waals surface area contributed by atoms with Gasteiger partial charge in [0.15, 0.2) is 5.65 Å². The van der Waals surface area contributed by atoms with Gasteiger partial charge in [0, 0.05) is 29.5 Å². The molecule has 5 aromatic rings. The van der Waals surface area contributed by atoms with Gasteiger partial charge in [-0.1, -0.05) is 47.5 Å². The van der Waals surface area contributed by atoms with Crippen LogP contribution in [0, 0.1) is 13.8 Å². The SMILES string of the molecule is Cc1ccc(C)c(-c2cc3c4nn(CC(=O)NCc5ccccc5Cl)c(=O)n4ccn3n2)c1. The fraction of sp³-hybridized carbons (Fsp3) is 0.167. The molecule has 166 valence electrons. The number of rotatable bonds is 5. The summed E-state index contributed by atoms with van der Waals surface area (Å²) >= 11 is 6.14. The Morgan fingerprint density at radius 2 is 1.88 bits per heavy atom. The minimum atomic E-state index is -0.394. The molecule has 0 unspecified atom stereocenters. The number of aromatic nitrogens is 5. The summed E-state index contributed by atoms with van der Waals surface area (Å²) in [7, 11) is 0. The Labute approximate surface area is 194 Å². The quantitative estimate of drug-likeness (QED) is 0.435. The molecule has 0 aliphatic heterocycles. The lowest BCUT2D eigenvalue weighted by Gasteiger charge is -2.06. The highest BCUT2D eigenvalue weighted by molar-refractivity contribution is 6.31. The summed E-state index contributed by atoms with van der Waals surface area (Å²) in [4.78, 5) is 25.3. The highest BCUT2D eigenvalue weighted by atomic mass is 35.5. The van der Waals surface area contributed by atoms with E-state index in [0.29, 0.717) is 16.2 Å². The van der Waals surface area contributed by atoms with Crippen LogP contribution in [0.3, 0.4) is 0 Å². The van der Waals surface area contributed by atoms with Gasteiger partial charge < -0.3 is 5.32 Å². The third kappa shape index (κ3) is 3.89. The van der Waals surface area contributed by atoms with E-state index in [0.717, 1.165) is 32.6 Å². The lowest BCUT2D eigenvalue weighted by atomic mass is 10.0. The lowest BCUT2D eigenvalue weighted by molar-refractivity contribution is -0.122. The summed E-state index contributed by atoms with van der Waals surface area (Å²) in [6.07, 6.45) is 3.32.